The third kappa shape index (κ3) is 10.5. The Morgan fingerprint density at radius 2 is 1.71 bits per heavy atom. The van der Waals surface area contributed by atoms with Crippen molar-refractivity contribution in [2.24, 2.45) is 0 Å². The molecule has 98 valence electrons. The number of aliphatic carboxylic acids is 1. The molecule has 0 heterocycles. The lowest BCUT2D eigenvalue weighted by molar-refractivity contribution is -0.137. The van der Waals surface area contributed by atoms with Gasteiger partial charge in [-0.15, -0.1) is 0 Å². The molecular formula is C10H19N3O4. The van der Waals surface area contributed by atoms with Crippen LogP contribution in [0.5, 0.6) is 0 Å². The van der Waals surface area contributed by atoms with Gasteiger partial charge in [-0.1, -0.05) is 19.8 Å². The fourth-order valence-corrected chi connectivity index (χ4v) is 1.04. The van der Waals surface area contributed by atoms with Crippen molar-refractivity contribution in [3.8, 4) is 0 Å². The second kappa shape index (κ2) is 9.44. The Kier molecular flexibility index (Phi) is 8.44. The maximum atomic E-state index is 11.1. The largest absolute Gasteiger partial charge is 0.480 e. The van der Waals surface area contributed by atoms with Gasteiger partial charge in [-0.25, -0.2) is 4.79 Å². The maximum absolute atomic E-state index is 11.1. The summed E-state index contributed by atoms with van der Waals surface area (Å²) in [6, 6.07) is -0.424. The van der Waals surface area contributed by atoms with Gasteiger partial charge in [0.2, 0.25) is 5.91 Å². The van der Waals surface area contributed by atoms with E-state index in [1.165, 1.54) is 0 Å². The zero-order valence-electron chi connectivity index (χ0n) is 9.91. The molecule has 7 heteroatoms. The number of carbonyl (C=O) groups is 3. The van der Waals surface area contributed by atoms with Gasteiger partial charge in [0.1, 0.15) is 6.54 Å². The van der Waals surface area contributed by atoms with Gasteiger partial charge in [-0.3, -0.25) is 9.59 Å². The average Bonchev–Trinajstić information content (AvgIpc) is 2.29. The van der Waals surface area contributed by atoms with Crippen molar-refractivity contribution in [2.75, 3.05) is 19.6 Å². The highest BCUT2D eigenvalue weighted by Crippen LogP contribution is 1.90. The summed E-state index contributed by atoms with van der Waals surface area (Å²) in [4.78, 5) is 32.3. The Hall–Kier alpha value is -1.79. The Morgan fingerprint density at radius 1 is 1.00 bits per heavy atom. The first-order valence-corrected chi connectivity index (χ1v) is 5.56. The number of carbonyl (C=O) groups excluding carboxylic acids is 2. The molecule has 0 bridgehead atoms. The van der Waals surface area contributed by atoms with Crippen molar-refractivity contribution in [1.82, 2.24) is 16.0 Å². The molecule has 0 aliphatic rings. The number of nitrogens with one attached hydrogen (secondary N) is 3. The number of hydrogen-bond acceptors (Lipinski definition) is 3. The van der Waals surface area contributed by atoms with Gasteiger partial charge >= 0.3 is 12.0 Å². The van der Waals surface area contributed by atoms with Crippen LogP contribution in [-0.4, -0.2) is 42.6 Å². The fourth-order valence-electron chi connectivity index (χ4n) is 1.04. The fraction of sp³-hybridized carbons (Fsp3) is 0.700. The first-order chi connectivity index (χ1) is 8.06. The summed E-state index contributed by atoms with van der Waals surface area (Å²) in [5.41, 5.74) is 0. The monoisotopic (exact) mass is 245 g/mol. The minimum Gasteiger partial charge on any atom is -0.480 e. The van der Waals surface area contributed by atoms with Crippen molar-refractivity contribution in [2.45, 2.75) is 26.2 Å². The average molecular weight is 245 g/mol. The van der Waals surface area contributed by atoms with E-state index in [-0.39, 0.29) is 6.54 Å². The Morgan fingerprint density at radius 3 is 2.29 bits per heavy atom. The van der Waals surface area contributed by atoms with Gasteiger partial charge in [0.05, 0.1) is 6.54 Å². The van der Waals surface area contributed by atoms with Crippen LogP contribution in [0.15, 0.2) is 0 Å². The van der Waals surface area contributed by atoms with Crippen LogP contribution in [0.2, 0.25) is 0 Å². The molecule has 0 saturated carbocycles. The third-order valence-electron chi connectivity index (χ3n) is 1.91. The van der Waals surface area contributed by atoms with Crippen LogP contribution >= 0.6 is 0 Å². The summed E-state index contributed by atoms with van der Waals surface area (Å²) >= 11 is 0. The van der Waals surface area contributed by atoms with Gasteiger partial charge in [-0.2, -0.15) is 0 Å². The number of unbranched alkanes of at least 4 members (excludes halogenated alkanes) is 2. The molecule has 0 rings (SSSR count). The standard InChI is InChI=1S/C10H19N3O4/c1-2-3-4-5-11-10(17)13-6-8(14)12-7-9(15)16/h2-7H2,1H3,(H,12,14)(H,15,16)(H2,11,13,17). The molecule has 17 heavy (non-hydrogen) atoms. The van der Waals surface area contributed by atoms with Gasteiger partial charge in [-0.05, 0) is 6.42 Å². The van der Waals surface area contributed by atoms with E-state index in [0.29, 0.717) is 6.54 Å². The Labute approximate surface area is 100.0 Å². The van der Waals surface area contributed by atoms with Crippen LogP contribution in [0, 0.1) is 0 Å². The first kappa shape index (κ1) is 15.2. The molecule has 0 aromatic carbocycles. The highest BCUT2D eigenvalue weighted by molar-refractivity contribution is 5.86. The van der Waals surface area contributed by atoms with E-state index in [9.17, 15) is 14.4 Å². The number of rotatable bonds is 8. The second-order valence-electron chi connectivity index (χ2n) is 3.49. The normalized spacial score (nSPS) is 9.47. The Balaban J connectivity index is 3.49. The zero-order chi connectivity index (χ0) is 13.1. The lowest BCUT2D eigenvalue weighted by Gasteiger charge is -2.07. The predicted molar refractivity (Wildman–Crippen MR) is 61.6 cm³/mol. The van der Waals surface area contributed by atoms with Crippen molar-refractivity contribution in [3.63, 3.8) is 0 Å². The second-order valence-corrected chi connectivity index (χ2v) is 3.49. The van der Waals surface area contributed by atoms with E-state index in [0.717, 1.165) is 19.3 Å². The Bertz CT molecular complexity index is 268. The molecule has 7 nitrogen and oxygen atoms in total. The highest BCUT2D eigenvalue weighted by atomic mass is 16.4. The van der Waals surface area contributed by atoms with Gasteiger partial charge in [0, 0.05) is 6.54 Å². The molecule has 0 aromatic heterocycles. The van der Waals surface area contributed by atoms with E-state index in [1.54, 1.807) is 0 Å². The van der Waals surface area contributed by atoms with Crippen molar-refractivity contribution in [3.05, 3.63) is 0 Å². The summed E-state index contributed by atoms with van der Waals surface area (Å²) in [7, 11) is 0. The topological polar surface area (TPSA) is 108 Å². The number of carboxylic acids is 1. The van der Waals surface area contributed by atoms with Crippen molar-refractivity contribution in [1.29, 1.82) is 0 Å². The number of amides is 3. The van der Waals surface area contributed by atoms with Crippen LogP contribution in [0.25, 0.3) is 0 Å². The summed E-state index contributed by atoms with van der Waals surface area (Å²) in [5.74, 6) is -1.65. The van der Waals surface area contributed by atoms with E-state index >= 15 is 0 Å². The summed E-state index contributed by atoms with van der Waals surface area (Å²) < 4.78 is 0. The minimum atomic E-state index is -1.12. The molecule has 0 spiro atoms. The lowest BCUT2D eigenvalue weighted by Crippen LogP contribution is -2.43. The highest BCUT2D eigenvalue weighted by Gasteiger charge is 2.05. The molecule has 4 N–H and O–H groups in total. The molecule has 0 saturated heterocycles. The predicted octanol–water partition coefficient (Wildman–Crippen LogP) is -0.323. The smallest absolute Gasteiger partial charge is 0.322 e. The van der Waals surface area contributed by atoms with Gasteiger partial charge < -0.3 is 21.1 Å². The molecule has 0 atom stereocenters. The van der Waals surface area contributed by atoms with E-state index in [4.69, 9.17) is 5.11 Å². The number of hydrogen-bond donors (Lipinski definition) is 4. The maximum Gasteiger partial charge on any atom is 0.322 e. The van der Waals surface area contributed by atoms with E-state index in [2.05, 4.69) is 22.9 Å². The lowest BCUT2D eigenvalue weighted by atomic mass is 10.2. The minimum absolute atomic E-state index is 0.229. The van der Waals surface area contributed by atoms with Crippen LogP contribution in [-0.2, 0) is 9.59 Å². The zero-order valence-corrected chi connectivity index (χ0v) is 9.91. The van der Waals surface area contributed by atoms with Gasteiger partial charge in [0.15, 0.2) is 0 Å². The molecule has 0 radical (unpaired) electrons. The molecular weight excluding hydrogens is 226 g/mol. The van der Waals surface area contributed by atoms with Gasteiger partial charge in [0.25, 0.3) is 0 Å². The van der Waals surface area contributed by atoms with Crippen LogP contribution in [0.1, 0.15) is 26.2 Å². The van der Waals surface area contributed by atoms with Crippen molar-refractivity contribution < 1.29 is 19.5 Å². The molecule has 0 aliphatic carbocycles. The van der Waals surface area contributed by atoms with E-state index in [1.807, 2.05) is 0 Å². The quantitative estimate of drug-likeness (QED) is 0.439. The third-order valence-corrected chi connectivity index (χ3v) is 1.91. The van der Waals surface area contributed by atoms with Crippen LogP contribution in [0.4, 0.5) is 4.79 Å². The molecule has 0 aliphatic heterocycles. The van der Waals surface area contributed by atoms with Crippen LogP contribution < -0.4 is 16.0 Å². The van der Waals surface area contributed by atoms with Crippen molar-refractivity contribution >= 4 is 17.9 Å². The van der Waals surface area contributed by atoms with E-state index < -0.39 is 24.5 Å². The van der Waals surface area contributed by atoms with Crippen LogP contribution in [0.3, 0.4) is 0 Å². The molecule has 0 aromatic rings. The number of urea groups is 1. The summed E-state index contributed by atoms with van der Waals surface area (Å²) in [6.07, 6.45) is 3.01. The molecule has 0 fully saturated rings. The summed E-state index contributed by atoms with van der Waals surface area (Å²) in [6.45, 7) is 1.95. The summed E-state index contributed by atoms with van der Waals surface area (Å²) in [5, 5.41) is 15.3. The number of carboxylic acid groups (broad SMARTS) is 1. The first-order valence-electron chi connectivity index (χ1n) is 5.56. The SMILES string of the molecule is CCCCCNC(=O)NCC(=O)NCC(=O)O. The molecule has 3 amide bonds. The molecule has 0 unspecified atom stereocenters.